The van der Waals surface area contributed by atoms with Gasteiger partial charge in [0.15, 0.2) is 4.90 Å². The van der Waals surface area contributed by atoms with E-state index in [0.29, 0.717) is 5.56 Å². The van der Waals surface area contributed by atoms with E-state index in [0.717, 1.165) is 11.5 Å². The van der Waals surface area contributed by atoms with Crippen molar-refractivity contribution >= 4 is 43.2 Å². The molecule has 1 nitrogen and oxygen atoms in total. The SMILES string of the molecule is FC(F)F.N#Cc1ccc(C[S+](Cc2ccccc2-c2c3ccccc3cc3cc4ccccc4cc23)c2ccccc2)cc1. The lowest BCUT2D eigenvalue weighted by molar-refractivity contribution is 0.00819. The molecule has 0 aromatic heterocycles. The zero-order chi connectivity index (χ0) is 31.2. The van der Waals surface area contributed by atoms with E-state index in [1.165, 1.54) is 59.5 Å². The summed E-state index contributed by atoms with van der Waals surface area (Å²) in [7, 11) is -0.0550. The lowest BCUT2D eigenvalue weighted by Gasteiger charge is -2.17. The Morgan fingerprint density at radius 3 is 1.84 bits per heavy atom. The van der Waals surface area contributed by atoms with Crippen LogP contribution in [0.5, 0.6) is 0 Å². The van der Waals surface area contributed by atoms with Crippen LogP contribution in [0.4, 0.5) is 13.2 Å². The summed E-state index contributed by atoms with van der Waals surface area (Å²) in [5.74, 6) is 1.88. The first-order chi connectivity index (χ1) is 22.0. The number of halogens is 3. The second-order valence-electron chi connectivity index (χ2n) is 10.7. The van der Waals surface area contributed by atoms with E-state index < -0.39 is 6.68 Å². The van der Waals surface area contributed by atoms with Crippen LogP contribution in [0.15, 0.2) is 150 Å². The maximum Gasteiger partial charge on any atom is 0.379 e. The molecule has 7 rings (SSSR count). The molecule has 7 aromatic carbocycles. The summed E-state index contributed by atoms with van der Waals surface area (Å²) >= 11 is 0. The Kier molecular flexibility index (Phi) is 9.14. The number of fused-ring (bicyclic) bond motifs is 3. The standard InChI is InChI=1S/C39H28NS.CHF3/c40-25-28-18-20-29(21-19-28)26-41(35-14-2-1-3-15-35)27-33-13-7-9-17-37(33)39-36-16-8-6-12-32(36)23-34-22-30-10-4-5-11-31(30)24-38(34)39;2-1(3)4/h1-24H,26-27H2;1H/q+1;. The molecule has 0 aliphatic carbocycles. The number of benzene rings is 7. The zero-order valence-corrected chi connectivity index (χ0v) is 25.2. The van der Waals surface area contributed by atoms with Gasteiger partial charge in [0, 0.05) is 22.0 Å². The quantitative estimate of drug-likeness (QED) is 0.135. The number of rotatable bonds is 6. The van der Waals surface area contributed by atoms with Gasteiger partial charge in [0.05, 0.1) is 11.6 Å². The highest BCUT2D eigenvalue weighted by Crippen LogP contribution is 2.40. The minimum Gasteiger partial charge on any atom is -0.192 e. The molecule has 0 aliphatic heterocycles. The highest BCUT2D eigenvalue weighted by atomic mass is 32.2. The predicted molar refractivity (Wildman–Crippen MR) is 182 cm³/mol. The van der Waals surface area contributed by atoms with Gasteiger partial charge in [-0.1, -0.05) is 103 Å². The molecule has 0 bridgehead atoms. The average molecular weight is 613 g/mol. The van der Waals surface area contributed by atoms with Gasteiger partial charge in [-0.2, -0.15) is 18.4 Å². The lowest BCUT2D eigenvalue weighted by atomic mass is 9.89. The highest BCUT2D eigenvalue weighted by molar-refractivity contribution is 7.95. The first-order valence-corrected chi connectivity index (χ1v) is 16.1. The molecule has 0 heterocycles. The smallest absolute Gasteiger partial charge is 0.192 e. The van der Waals surface area contributed by atoms with Gasteiger partial charge in [0.1, 0.15) is 11.5 Å². The monoisotopic (exact) mass is 612 g/mol. The Bertz CT molecular complexity index is 2110. The molecule has 0 spiro atoms. The second-order valence-corrected chi connectivity index (χ2v) is 12.7. The van der Waals surface area contributed by atoms with Crippen molar-refractivity contribution in [3.8, 4) is 17.2 Å². The fraction of sp³-hybridized carbons (Fsp3) is 0.0750. The molecule has 0 N–H and O–H groups in total. The maximum atomic E-state index is 9.67. The van der Waals surface area contributed by atoms with Crippen molar-refractivity contribution in [2.24, 2.45) is 0 Å². The minimum atomic E-state index is -3.67. The molecular weight excluding hydrogens is 584 g/mol. The molecule has 0 saturated carbocycles. The fourth-order valence-corrected chi connectivity index (χ4v) is 8.03. The van der Waals surface area contributed by atoms with Crippen molar-refractivity contribution in [3.05, 3.63) is 162 Å². The maximum absolute atomic E-state index is 9.67. The van der Waals surface area contributed by atoms with Crippen molar-refractivity contribution in [2.75, 3.05) is 0 Å². The normalized spacial score (nSPS) is 11.7. The third kappa shape index (κ3) is 6.87. The Hall–Kier alpha value is -5.05. The van der Waals surface area contributed by atoms with Gasteiger partial charge in [0.25, 0.3) is 0 Å². The lowest BCUT2D eigenvalue weighted by Crippen LogP contribution is -2.10. The van der Waals surface area contributed by atoms with Gasteiger partial charge >= 0.3 is 6.68 Å². The van der Waals surface area contributed by atoms with Crippen molar-refractivity contribution < 1.29 is 13.2 Å². The molecular formula is C40H29F3NS+. The summed E-state index contributed by atoms with van der Waals surface area (Å²) in [4.78, 5) is 1.36. The van der Waals surface area contributed by atoms with Crippen LogP contribution in [0, 0.1) is 11.3 Å². The molecule has 0 radical (unpaired) electrons. The molecule has 0 aliphatic rings. The van der Waals surface area contributed by atoms with Gasteiger partial charge in [0.2, 0.25) is 0 Å². The van der Waals surface area contributed by atoms with Gasteiger partial charge in [-0.25, -0.2) is 0 Å². The van der Waals surface area contributed by atoms with Crippen molar-refractivity contribution in [1.82, 2.24) is 0 Å². The Labute approximate surface area is 263 Å². The van der Waals surface area contributed by atoms with E-state index in [1.54, 1.807) is 0 Å². The van der Waals surface area contributed by atoms with Crippen LogP contribution in [-0.2, 0) is 22.4 Å². The van der Waals surface area contributed by atoms with Gasteiger partial charge in [-0.15, -0.1) is 0 Å². The molecule has 0 fully saturated rings. The summed E-state index contributed by atoms with van der Waals surface area (Å²) in [6, 6.07) is 54.7. The van der Waals surface area contributed by atoms with E-state index in [9.17, 15) is 18.4 Å². The summed E-state index contributed by atoms with van der Waals surface area (Å²) in [5, 5.41) is 16.9. The van der Waals surface area contributed by atoms with Crippen LogP contribution in [0.2, 0.25) is 0 Å². The molecule has 1 atom stereocenters. The number of nitrogens with zero attached hydrogens (tertiary/aromatic N) is 1. The molecule has 1 unspecified atom stereocenters. The first kappa shape index (κ1) is 30.0. The summed E-state index contributed by atoms with van der Waals surface area (Å²) < 4.78 is 29.0. The van der Waals surface area contributed by atoms with E-state index in [1.807, 2.05) is 12.1 Å². The van der Waals surface area contributed by atoms with Gasteiger partial charge in [-0.05, 0) is 85.9 Å². The number of nitriles is 1. The van der Waals surface area contributed by atoms with Crippen LogP contribution in [0.25, 0.3) is 43.4 Å². The molecule has 0 saturated heterocycles. The second kappa shape index (κ2) is 13.7. The third-order valence-corrected chi connectivity index (χ3v) is 10.1. The molecule has 220 valence electrons. The van der Waals surface area contributed by atoms with E-state index >= 15 is 0 Å². The molecule has 45 heavy (non-hydrogen) atoms. The fourth-order valence-electron chi connectivity index (χ4n) is 5.83. The largest absolute Gasteiger partial charge is 0.379 e. The number of alkyl halides is 3. The topological polar surface area (TPSA) is 23.8 Å². The van der Waals surface area contributed by atoms with Crippen molar-refractivity contribution in [3.63, 3.8) is 0 Å². The van der Waals surface area contributed by atoms with Crippen LogP contribution >= 0.6 is 0 Å². The van der Waals surface area contributed by atoms with Crippen molar-refractivity contribution in [2.45, 2.75) is 23.1 Å². The summed E-state index contributed by atoms with van der Waals surface area (Å²) in [6.07, 6.45) is 0. The molecule has 5 heteroatoms. The van der Waals surface area contributed by atoms with Gasteiger partial charge in [-0.3, -0.25) is 0 Å². The van der Waals surface area contributed by atoms with Gasteiger partial charge < -0.3 is 0 Å². The number of hydrogen-bond donors (Lipinski definition) is 0. The van der Waals surface area contributed by atoms with Crippen LogP contribution in [0.1, 0.15) is 16.7 Å². The third-order valence-electron chi connectivity index (χ3n) is 7.85. The Balaban J connectivity index is 0.000000845. The van der Waals surface area contributed by atoms with Crippen LogP contribution in [0.3, 0.4) is 0 Å². The van der Waals surface area contributed by atoms with Crippen molar-refractivity contribution in [1.29, 1.82) is 5.26 Å². The summed E-state index contributed by atoms with van der Waals surface area (Å²) in [5.41, 5.74) is 5.94. The summed E-state index contributed by atoms with van der Waals surface area (Å²) in [6.45, 7) is -3.67. The predicted octanol–water partition coefficient (Wildman–Crippen LogP) is 11.2. The van der Waals surface area contributed by atoms with E-state index in [2.05, 4.69) is 140 Å². The Morgan fingerprint density at radius 2 is 1.13 bits per heavy atom. The average Bonchev–Trinajstić information content (AvgIpc) is 3.07. The molecule has 0 amide bonds. The van der Waals surface area contributed by atoms with Crippen LogP contribution < -0.4 is 0 Å². The first-order valence-electron chi connectivity index (χ1n) is 14.6. The van der Waals surface area contributed by atoms with E-state index in [-0.39, 0.29) is 10.9 Å². The van der Waals surface area contributed by atoms with E-state index in [4.69, 9.17) is 0 Å². The highest BCUT2D eigenvalue weighted by Gasteiger charge is 2.25. The van der Waals surface area contributed by atoms with Crippen LogP contribution in [-0.4, -0.2) is 6.68 Å². The minimum absolute atomic E-state index is 0.0550. The number of hydrogen-bond acceptors (Lipinski definition) is 1. The molecule has 7 aromatic rings. The Morgan fingerprint density at radius 1 is 0.556 bits per heavy atom. The zero-order valence-electron chi connectivity index (χ0n) is 24.3.